The van der Waals surface area contributed by atoms with E-state index in [0.717, 1.165) is 24.8 Å². The molecule has 3 rings (SSSR count). The maximum atomic E-state index is 11.6. The highest BCUT2D eigenvalue weighted by molar-refractivity contribution is 5.65. The lowest BCUT2D eigenvalue weighted by Gasteiger charge is -2.35. The molecule has 2 bridgehead atoms. The minimum absolute atomic E-state index is 0.103. The summed E-state index contributed by atoms with van der Waals surface area (Å²) < 4.78 is 0. The predicted octanol–water partition coefficient (Wildman–Crippen LogP) is 2.29. The van der Waals surface area contributed by atoms with Crippen molar-refractivity contribution in [1.82, 2.24) is 4.90 Å². The first-order valence-corrected chi connectivity index (χ1v) is 6.94. The largest absolute Gasteiger partial charge is 0.465 e. The molecule has 2 aliphatic carbocycles. The third kappa shape index (κ3) is 2.32. The van der Waals surface area contributed by atoms with Crippen LogP contribution in [0.5, 0.6) is 0 Å². The van der Waals surface area contributed by atoms with Gasteiger partial charge in [-0.15, -0.1) is 0 Å². The van der Waals surface area contributed by atoms with E-state index >= 15 is 0 Å². The van der Waals surface area contributed by atoms with E-state index in [-0.39, 0.29) is 12.1 Å². The van der Waals surface area contributed by atoms with E-state index < -0.39 is 6.09 Å². The predicted molar refractivity (Wildman–Crippen MR) is 72.6 cm³/mol. The average molecular weight is 260 g/mol. The first kappa shape index (κ1) is 12.5. The molecule has 2 fully saturated rings. The van der Waals surface area contributed by atoms with Crippen molar-refractivity contribution in [2.45, 2.75) is 37.9 Å². The molecule has 19 heavy (non-hydrogen) atoms. The molecule has 3 N–H and O–H groups in total. The van der Waals surface area contributed by atoms with Crippen LogP contribution in [0, 0.1) is 11.8 Å². The summed E-state index contributed by atoms with van der Waals surface area (Å²) in [6, 6.07) is 10.1. The smallest absolute Gasteiger partial charge is 0.407 e. The molecule has 102 valence electrons. The molecule has 1 amide bonds. The number of nitrogens with zero attached hydrogens (tertiary/aromatic N) is 1. The van der Waals surface area contributed by atoms with Crippen molar-refractivity contribution in [3.63, 3.8) is 0 Å². The van der Waals surface area contributed by atoms with Crippen LogP contribution in [0.15, 0.2) is 30.3 Å². The van der Waals surface area contributed by atoms with Gasteiger partial charge in [-0.3, -0.25) is 0 Å². The van der Waals surface area contributed by atoms with Crippen molar-refractivity contribution in [1.29, 1.82) is 0 Å². The SMILES string of the molecule is N[C@H]1C[C@@H]2C[C@H]1[C@@H](N(Cc1ccccc1)C(=O)O)C2. The molecule has 2 saturated carbocycles. The fraction of sp³-hybridized carbons (Fsp3) is 0.533. The van der Waals surface area contributed by atoms with Crippen LogP contribution < -0.4 is 5.73 Å². The van der Waals surface area contributed by atoms with E-state index in [0.29, 0.717) is 18.4 Å². The summed E-state index contributed by atoms with van der Waals surface area (Å²) in [6.45, 7) is 0.469. The number of hydrogen-bond donors (Lipinski definition) is 2. The second kappa shape index (κ2) is 4.85. The fourth-order valence-corrected chi connectivity index (χ4v) is 3.83. The zero-order valence-corrected chi connectivity index (χ0v) is 10.9. The van der Waals surface area contributed by atoms with Crippen LogP contribution in [0.2, 0.25) is 0 Å². The topological polar surface area (TPSA) is 66.6 Å². The van der Waals surface area contributed by atoms with Gasteiger partial charge in [0, 0.05) is 18.6 Å². The van der Waals surface area contributed by atoms with Gasteiger partial charge in [0.15, 0.2) is 0 Å². The van der Waals surface area contributed by atoms with Crippen LogP contribution in [-0.4, -0.2) is 28.2 Å². The minimum atomic E-state index is -0.825. The third-order valence-electron chi connectivity index (χ3n) is 4.67. The number of nitrogens with two attached hydrogens (primary N) is 1. The Morgan fingerprint density at radius 3 is 2.58 bits per heavy atom. The molecule has 0 saturated heterocycles. The Hall–Kier alpha value is -1.55. The Morgan fingerprint density at radius 2 is 2.00 bits per heavy atom. The van der Waals surface area contributed by atoms with E-state index in [1.54, 1.807) is 4.90 Å². The van der Waals surface area contributed by atoms with Gasteiger partial charge >= 0.3 is 6.09 Å². The van der Waals surface area contributed by atoms with Gasteiger partial charge in [-0.1, -0.05) is 30.3 Å². The number of rotatable bonds is 3. The molecule has 0 heterocycles. The lowest BCUT2D eigenvalue weighted by Crippen LogP contribution is -2.47. The van der Waals surface area contributed by atoms with Crippen LogP contribution in [0.1, 0.15) is 24.8 Å². The lowest BCUT2D eigenvalue weighted by molar-refractivity contribution is 0.0964. The standard InChI is InChI=1S/C15H20N2O2/c16-13-7-11-6-12(13)14(8-11)17(15(18)19)9-10-4-2-1-3-5-10/h1-5,11-14H,6-9,16H2,(H,18,19)/t11-,12+,13-,14-/m0/s1. The molecule has 4 nitrogen and oxygen atoms in total. The summed E-state index contributed by atoms with van der Waals surface area (Å²) in [7, 11) is 0. The number of carboxylic acid groups (broad SMARTS) is 1. The van der Waals surface area contributed by atoms with E-state index in [1.165, 1.54) is 0 Å². The second-order valence-corrected chi connectivity index (χ2v) is 5.86. The van der Waals surface area contributed by atoms with Crippen molar-refractivity contribution in [3.05, 3.63) is 35.9 Å². The van der Waals surface area contributed by atoms with E-state index in [2.05, 4.69) is 0 Å². The molecule has 0 aromatic heterocycles. The van der Waals surface area contributed by atoms with Crippen molar-refractivity contribution >= 4 is 6.09 Å². The number of carbonyl (C=O) groups is 1. The summed E-state index contributed by atoms with van der Waals surface area (Å²) in [5.74, 6) is 0.979. The van der Waals surface area contributed by atoms with Gasteiger partial charge in [0.05, 0.1) is 0 Å². The van der Waals surface area contributed by atoms with Gasteiger partial charge in [0.2, 0.25) is 0 Å². The zero-order chi connectivity index (χ0) is 13.4. The molecule has 4 heteroatoms. The number of hydrogen-bond acceptors (Lipinski definition) is 2. The highest BCUT2D eigenvalue weighted by Gasteiger charge is 2.48. The Balaban J connectivity index is 1.77. The molecule has 4 atom stereocenters. The van der Waals surface area contributed by atoms with Gasteiger partial charge in [0.1, 0.15) is 0 Å². The van der Waals surface area contributed by atoms with Gasteiger partial charge < -0.3 is 15.7 Å². The Labute approximate surface area is 113 Å². The molecular weight excluding hydrogens is 240 g/mol. The van der Waals surface area contributed by atoms with Crippen molar-refractivity contribution in [2.75, 3.05) is 0 Å². The summed E-state index contributed by atoms with van der Waals surface area (Å²) in [5, 5.41) is 9.49. The highest BCUT2D eigenvalue weighted by atomic mass is 16.4. The van der Waals surface area contributed by atoms with Crippen LogP contribution in [0.3, 0.4) is 0 Å². The average Bonchev–Trinajstić information content (AvgIpc) is 2.95. The third-order valence-corrected chi connectivity index (χ3v) is 4.67. The van der Waals surface area contributed by atoms with Gasteiger partial charge in [-0.05, 0) is 36.7 Å². The summed E-state index contributed by atoms with van der Waals surface area (Å²) in [6.07, 6.45) is 2.33. The van der Waals surface area contributed by atoms with Gasteiger partial charge in [0.25, 0.3) is 0 Å². The van der Waals surface area contributed by atoms with Gasteiger partial charge in [-0.25, -0.2) is 4.79 Å². The van der Waals surface area contributed by atoms with E-state index in [4.69, 9.17) is 5.73 Å². The van der Waals surface area contributed by atoms with Crippen LogP contribution in [-0.2, 0) is 6.54 Å². The first-order chi connectivity index (χ1) is 9.15. The second-order valence-electron chi connectivity index (χ2n) is 5.86. The molecule has 0 radical (unpaired) electrons. The molecule has 0 aliphatic heterocycles. The molecule has 2 aliphatic rings. The Bertz CT molecular complexity index is 462. The molecular formula is C15H20N2O2. The number of benzene rings is 1. The van der Waals surface area contributed by atoms with Crippen molar-refractivity contribution in [3.8, 4) is 0 Å². The molecule has 1 aromatic carbocycles. The molecule has 0 spiro atoms. The summed E-state index contributed by atoms with van der Waals surface area (Å²) in [4.78, 5) is 13.2. The molecule has 0 unspecified atom stereocenters. The van der Waals surface area contributed by atoms with Crippen LogP contribution >= 0.6 is 0 Å². The highest BCUT2D eigenvalue weighted by Crippen LogP contribution is 2.46. The normalized spacial score (nSPS) is 32.5. The maximum Gasteiger partial charge on any atom is 0.407 e. The maximum absolute atomic E-state index is 11.6. The van der Waals surface area contributed by atoms with E-state index in [9.17, 15) is 9.90 Å². The quantitative estimate of drug-likeness (QED) is 0.876. The van der Waals surface area contributed by atoms with E-state index in [1.807, 2.05) is 30.3 Å². The number of amides is 1. The monoisotopic (exact) mass is 260 g/mol. The van der Waals surface area contributed by atoms with Crippen molar-refractivity contribution < 1.29 is 9.90 Å². The van der Waals surface area contributed by atoms with Crippen LogP contribution in [0.25, 0.3) is 0 Å². The van der Waals surface area contributed by atoms with Gasteiger partial charge in [-0.2, -0.15) is 0 Å². The first-order valence-electron chi connectivity index (χ1n) is 6.94. The minimum Gasteiger partial charge on any atom is -0.465 e. The Kier molecular flexibility index (Phi) is 3.19. The summed E-state index contributed by atoms with van der Waals surface area (Å²) >= 11 is 0. The zero-order valence-electron chi connectivity index (χ0n) is 10.9. The van der Waals surface area contributed by atoms with Crippen molar-refractivity contribution in [2.24, 2.45) is 17.6 Å². The lowest BCUT2D eigenvalue weighted by atomic mass is 9.90. The van der Waals surface area contributed by atoms with Crippen LogP contribution in [0.4, 0.5) is 4.79 Å². The summed E-state index contributed by atoms with van der Waals surface area (Å²) in [5.41, 5.74) is 7.16. The fourth-order valence-electron chi connectivity index (χ4n) is 3.83. The Morgan fingerprint density at radius 1 is 1.26 bits per heavy atom. The molecule has 1 aromatic rings. The number of fused-ring (bicyclic) bond motifs is 2.